The lowest BCUT2D eigenvalue weighted by molar-refractivity contribution is -0.139. The van der Waals surface area contributed by atoms with Gasteiger partial charge in [0.05, 0.1) is 25.0 Å². The van der Waals surface area contributed by atoms with Crippen molar-refractivity contribution in [1.29, 1.82) is 5.41 Å². The maximum absolute atomic E-state index is 12.1. The number of thiophene rings is 1. The second-order valence-electron chi connectivity index (χ2n) is 5.85. The van der Waals surface area contributed by atoms with Gasteiger partial charge in [-0.1, -0.05) is 0 Å². The number of ether oxygens (including phenoxy) is 3. The fourth-order valence-electron chi connectivity index (χ4n) is 2.61. The number of carbonyl (C=O) groups is 2. The van der Waals surface area contributed by atoms with Crippen LogP contribution in [0, 0.1) is 5.41 Å². The number of nitrogens with zero attached hydrogens (tertiary/aromatic N) is 1. The third-order valence-electron chi connectivity index (χ3n) is 4.03. The van der Waals surface area contributed by atoms with Gasteiger partial charge in [-0.2, -0.15) is 0 Å². The van der Waals surface area contributed by atoms with Gasteiger partial charge in [-0.25, -0.2) is 4.79 Å². The van der Waals surface area contributed by atoms with Crippen LogP contribution in [0.4, 0.5) is 10.5 Å². The van der Waals surface area contributed by atoms with Gasteiger partial charge in [0.25, 0.3) is 0 Å². The van der Waals surface area contributed by atoms with E-state index in [2.05, 4.69) is 4.74 Å². The number of anilines is 1. The Morgan fingerprint density at radius 1 is 1.37 bits per heavy atom. The monoisotopic (exact) mass is 389 g/mol. The number of rotatable bonds is 7. The highest BCUT2D eigenvalue weighted by Gasteiger charge is 2.33. The molecule has 1 aliphatic rings. The van der Waals surface area contributed by atoms with Gasteiger partial charge in [0.15, 0.2) is 6.10 Å². The zero-order valence-corrected chi connectivity index (χ0v) is 15.5. The van der Waals surface area contributed by atoms with Crippen LogP contribution in [0.5, 0.6) is 5.75 Å². The predicted molar refractivity (Wildman–Crippen MR) is 101 cm³/mol. The Kier molecular flexibility index (Phi) is 5.60. The molecule has 1 amide bonds. The van der Waals surface area contributed by atoms with Crippen molar-refractivity contribution >= 4 is 34.9 Å². The third kappa shape index (κ3) is 4.37. The molecular weight excluding hydrogens is 370 g/mol. The van der Waals surface area contributed by atoms with Gasteiger partial charge >= 0.3 is 12.1 Å². The first-order valence-electron chi connectivity index (χ1n) is 8.16. The Morgan fingerprint density at radius 2 is 2.11 bits per heavy atom. The Bertz CT molecular complexity index is 849. The van der Waals surface area contributed by atoms with Gasteiger partial charge in [0, 0.05) is 11.3 Å². The van der Waals surface area contributed by atoms with Gasteiger partial charge in [0.1, 0.15) is 18.2 Å². The molecule has 0 bridgehead atoms. The summed E-state index contributed by atoms with van der Waals surface area (Å²) in [4.78, 5) is 25.8. The summed E-state index contributed by atoms with van der Waals surface area (Å²) in [5.41, 5.74) is 6.68. The lowest BCUT2D eigenvalue weighted by Crippen LogP contribution is -2.26. The third-order valence-corrected chi connectivity index (χ3v) is 4.93. The molecule has 2 aromatic rings. The van der Waals surface area contributed by atoms with Crippen LogP contribution in [-0.4, -0.2) is 44.3 Å². The number of benzene rings is 1. The largest absolute Gasteiger partial charge is 0.488 e. The quantitative estimate of drug-likeness (QED) is 0.426. The standard InChI is InChI=1S/C18H19N3O5S/c1-24-16(22)8-15-14(6-7-27-15)25-10-13-9-21(18(23)26-13)12-4-2-11(3-5-12)17(19)20/h2-7,13H,8-10H2,1H3,(H3,19,20). The number of hydrogen-bond acceptors (Lipinski definition) is 7. The van der Waals surface area contributed by atoms with Crippen molar-refractivity contribution < 1.29 is 23.8 Å². The summed E-state index contributed by atoms with van der Waals surface area (Å²) in [5, 5.41) is 9.24. The SMILES string of the molecule is COC(=O)Cc1sccc1OCC1CN(c2ccc(C(=N)N)cc2)C(=O)O1. The van der Waals surface area contributed by atoms with E-state index in [1.807, 2.05) is 5.38 Å². The second kappa shape index (κ2) is 8.09. The molecule has 1 unspecified atom stereocenters. The van der Waals surface area contributed by atoms with E-state index in [-0.39, 0.29) is 24.8 Å². The average Bonchev–Trinajstić information content (AvgIpc) is 3.26. The minimum absolute atomic E-state index is 0.0321. The summed E-state index contributed by atoms with van der Waals surface area (Å²) in [7, 11) is 1.34. The summed E-state index contributed by atoms with van der Waals surface area (Å²) < 4.78 is 15.8. The number of cyclic esters (lactones) is 1. The van der Waals surface area contributed by atoms with Crippen molar-refractivity contribution in [1.82, 2.24) is 0 Å². The Morgan fingerprint density at radius 3 is 2.78 bits per heavy atom. The molecule has 1 atom stereocenters. The maximum Gasteiger partial charge on any atom is 0.414 e. The molecule has 9 heteroatoms. The molecule has 1 aromatic carbocycles. The minimum Gasteiger partial charge on any atom is -0.488 e. The maximum atomic E-state index is 12.1. The Hall–Kier alpha value is -3.07. The van der Waals surface area contributed by atoms with Crippen LogP contribution in [0.1, 0.15) is 10.4 Å². The van der Waals surface area contributed by atoms with E-state index in [9.17, 15) is 9.59 Å². The smallest absolute Gasteiger partial charge is 0.414 e. The number of methoxy groups -OCH3 is 1. The zero-order valence-electron chi connectivity index (χ0n) is 14.6. The van der Waals surface area contributed by atoms with Crippen molar-refractivity contribution in [2.75, 3.05) is 25.2 Å². The molecule has 0 saturated carbocycles. The normalized spacial score (nSPS) is 16.1. The molecule has 0 aliphatic carbocycles. The molecule has 1 aromatic heterocycles. The fraction of sp³-hybridized carbons (Fsp3) is 0.278. The Labute approximate surface area is 159 Å². The van der Waals surface area contributed by atoms with Crippen LogP contribution in [0.15, 0.2) is 35.7 Å². The number of amidine groups is 1. The number of hydrogen-bond donors (Lipinski definition) is 2. The van der Waals surface area contributed by atoms with Crippen LogP contribution in [-0.2, 0) is 20.7 Å². The predicted octanol–water partition coefficient (Wildman–Crippen LogP) is 2.15. The molecule has 3 rings (SSSR count). The molecule has 2 heterocycles. The highest BCUT2D eigenvalue weighted by molar-refractivity contribution is 7.10. The van der Waals surface area contributed by atoms with E-state index in [4.69, 9.17) is 20.6 Å². The van der Waals surface area contributed by atoms with Crippen molar-refractivity contribution in [3.63, 3.8) is 0 Å². The van der Waals surface area contributed by atoms with Crippen LogP contribution < -0.4 is 15.4 Å². The first-order chi connectivity index (χ1) is 13.0. The molecule has 3 N–H and O–H groups in total. The molecule has 1 fully saturated rings. The van der Waals surface area contributed by atoms with Crippen LogP contribution >= 0.6 is 11.3 Å². The lowest BCUT2D eigenvalue weighted by atomic mass is 10.2. The van der Waals surface area contributed by atoms with Gasteiger partial charge < -0.3 is 19.9 Å². The number of nitrogens with two attached hydrogens (primary N) is 1. The van der Waals surface area contributed by atoms with Crippen LogP contribution in [0.3, 0.4) is 0 Å². The summed E-state index contributed by atoms with van der Waals surface area (Å²) in [5.74, 6) is 0.218. The van der Waals surface area contributed by atoms with E-state index in [0.29, 0.717) is 23.5 Å². The number of nitrogens with one attached hydrogen (secondary N) is 1. The minimum atomic E-state index is -0.459. The second-order valence-corrected chi connectivity index (χ2v) is 6.85. The van der Waals surface area contributed by atoms with Gasteiger partial charge in [-0.3, -0.25) is 15.1 Å². The van der Waals surface area contributed by atoms with E-state index in [0.717, 1.165) is 4.88 Å². The molecule has 142 valence electrons. The van der Waals surface area contributed by atoms with E-state index in [1.165, 1.54) is 23.3 Å². The first kappa shape index (κ1) is 18.7. The lowest BCUT2D eigenvalue weighted by Gasteiger charge is -2.13. The van der Waals surface area contributed by atoms with E-state index in [1.54, 1.807) is 30.3 Å². The van der Waals surface area contributed by atoms with E-state index >= 15 is 0 Å². The van der Waals surface area contributed by atoms with Crippen LogP contribution in [0.2, 0.25) is 0 Å². The molecular formula is C18H19N3O5S. The van der Waals surface area contributed by atoms with Gasteiger partial charge in [-0.05, 0) is 35.7 Å². The average molecular weight is 389 g/mol. The molecule has 1 saturated heterocycles. The Balaban J connectivity index is 1.59. The van der Waals surface area contributed by atoms with Crippen molar-refractivity contribution in [3.8, 4) is 5.75 Å². The number of esters is 1. The number of carbonyl (C=O) groups excluding carboxylic acids is 2. The zero-order chi connectivity index (χ0) is 19.4. The topological polar surface area (TPSA) is 115 Å². The molecule has 8 nitrogen and oxygen atoms in total. The van der Waals surface area contributed by atoms with Crippen molar-refractivity contribution in [2.45, 2.75) is 12.5 Å². The molecule has 0 radical (unpaired) electrons. The summed E-state index contributed by atoms with van der Waals surface area (Å²) >= 11 is 1.41. The molecule has 27 heavy (non-hydrogen) atoms. The first-order valence-corrected chi connectivity index (χ1v) is 9.04. The number of amides is 1. The summed E-state index contributed by atoms with van der Waals surface area (Å²) in [6.07, 6.45) is -0.752. The van der Waals surface area contributed by atoms with Gasteiger partial charge in [0.2, 0.25) is 0 Å². The number of nitrogen functional groups attached to an aromatic ring is 1. The highest BCUT2D eigenvalue weighted by atomic mass is 32.1. The van der Waals surface area contributed by atoms with Crippen molar-refractivity contribution in [3.05, 3.63) is 46.2 Å². The van der Waals surface area contributed by atoms with Crippen molar-refractivity contribution in [2.24, 2.45) is 5.73 Å². The molecule has 0 spiro atoms. The summed E-state index contributed by atoms with van der Waals surface area (Å²) in [6.45, 7) is 0.521. The summed E-state index contributed by atoms with van der Waals surface area (Å²) in [6, 6.07) is 8.57. The van der Waals surface area contributed by atoms with E-state index < -0.39 is 12.2 Å². The highest BCUT2D eigenvalue weighted by Crippen LogP contribution is 2.27. The van der Waals surface area contributed by atoms with Gasteiger partial charge in [-0.15, -0.1) is 11.3 Å². The fourth-order valence-corrected chi connectivity index (χ4v) is 3.41. The van der Waals surface area contributed by atoms with Crippen LogP contribution in [0.25, 0.3) is 0 Å². The molecule has 1 aliphatic heterocycles.